The summed E-state index contributed by atoms with van der Waals surface area (Å²) in [6.45, 7) is 2.21. The van der Waals surface area contributed by atoms with Crippen LogP contribution in [0.2, 0.25) is 5.02 Å². The lowest BCUT2D eigenvalue weighted by atomic mass is 10.1. The molecule has 0 unspecified atom stereocenters. The van der Waals surface area contributed by atoms with E-state index < -0.39 is 5.91 Å². The standard InChI is InChI=1S/C24H18BrClN2O2/c1-16-6-2-5-9-22(16)28-24(29)19(14-27)12-18-13-20(26)10-11-23(18)30-15-17-7-3-4-8-21(17)25/h2-13H,15H2,1H3,(H,28,29)/b19-12+. The van der Waals surface area contributed by atoms with Crippen molar-refractivity contribution in [3.8, 4) is 11.8 Å². The van der Waals surface area contributed by atoms with Crippen molar-refractivity contribution in [1.29, 1.82) is 5.26 Å². The molecule has 0 fully saturated rings. The average molecular weight is 482 g/mol. The molecule has 0 atom stereocenters. The van der Waals surface area contributed by atoms with Gasteiger partial charge in [-0.1, -0.05) is 63.9 Å². The smallest absolute Gasteiger partial charge is 0.266 e. The molecule has 0 saturated heterocycles. The van der Waals surface area contributed by atoms with E-state index in [4.69, 9.17) is 16.3 Å². The molecule has 0 aliphatic rings. The molecule has 0 aromatic heterocycles. The minimum Gasteiger partial charge on any atom is -0.488 e. The highest BCUT2D eigenvalue weighted by atomic mass is 79.9. The van der Waals surface area contributed by atoms with Crippen molar-refractivity contribution in [3.63, 3.8) is 0 Å². The predicted octanol–water partition coefficient (Wildman–Crippen LogP) is 6.54. The Hall–Kier alpha value is -3.07. The quantitative estimate of drug-likeness (QED) is 0.321. The highest BCUT2D eigenvalue weighted by Crippen LogP contribution is 2.27. The van der Waals surface area contributed by atoms with Crippen LogP contribution < -0.4 is 10.1 Å². The number of nitriles is 1. The van der Waals surface area contributed by atoms with E-state index in [1.807, 2.05) is 55.5 Å². The Morgan fingerprint density at radius 2 is 1.90 bits per heavy atom. The Morgan fingerprint density at radius 3 is 2.63 bits per heavy atom. The van der Waals surface area contributed by atoms with Gasteiger partial charge in [0.1, 0.15) is 24.0 Å². The number of ether oxygens (including phenoxy) is 1. The van der Waals surface area contributed by atoms with Gasteiger partial charge in [0.05, 0.1) is 0 Å². The van der Waals surface area contributed by atoms with Gasteiger partial charge >= 0.3 is 0 Å². The summed E-state index contributed by atoms with van der Waals surface area (Å²) in [6, 6.07) is 22.2. The molecule has 0 aliphatic carbocycles. The Labute approximate surface area is 188 Å². The molecule has 150 valence electrons. The number of hydrogen-bond acceptors (Lipinski definition) is 3. The summed E-state index contributed by atoms with van der Waals surface area (Å²) < 4.78 is 6.88. The van der Waals surface area contributed by atoms with Crippen LogP contribution >= 0.6 is 27.5 Å². The first kappa shape index (κ1) is 21.6. The van der Waals surface area contributed by atoms with Crippen molar-refractivity contribution < 1.29 is 9.53 Å². The number of rotatable bonds is 6. The van der Waals surface area contributed by atoms with Crippen molar-refractivity contribution in [2.75, 3.05) is 5.32 Å². The lowest BCUT2D eigenvalue weighted by Crippen LogP contribution is -2.14. The van der Waals surface area contributed by atoms with Crippen LogP contribution in [-0.4, -0.2) is 5.91 Å². The SMILES string of the molecule is Cc1ccccc1NC(=O)/C(C#N)=C/c1cc(Cl)ccc1OCc1ccccc1Br. The Kier molecular flexibility index (Phi) is 7.29. The second-order valence-electron chi connectivity index (χ2n) is 6.50. The summed E-state index contributed by atoms with van der Waals surface area (Å²) in [5, 5.41) is 12.8. The Bertz CT molecular complexity index is 1150. The van der Waals surface area contributed by atoms with E-state index in [1.54, 1.807) is 24.3 Å². The minimum absolute atomic E-state index is 0.0498. The van der Waals surface area contributed by atoms with E-state index in [0.717, 1.165) is 15.6 Å². The van der Waals surface area contributed by atoms with Gasteiger partial charge in [0.2, 0.25) is 0 Å². The number of nitrogens with zero attached hydrogens (tertiary/aromatic N) is 1. The highest BCUT2D eigenvalue weighted by molar-refractivity contribution is 9.10. The normalized spacial score (nSPS) is 10.9. The number of carbonyl (C=O) groups is 1. The van der Waals surface area contributed by atoms with Crippen molar-refractivity contribution in [3.05, 3.63) is 98.5 Å². The van der Waals surface area contributed by atoms with Crippen LogP contribution in [0.25, 0.3) is 6.08 Å². The molecule has 30 heavy (non-hydrogen) atoms. The fraction of sp³-hybridized carbons (Fsp3) is 0.0833. The van der Waals surface area contributed by atoms with Gasteiger partial charge < -0.3 is 10.1 Å². The van der Waals surface area contributed by atoms with Crippen LogP contribution in [0.15, 0.2) is 76.8 Å². The van der Waals surface area contributed by atoms with Crippen molar-refractivity contribution in [2.45, 2.75) is 13.5 Å². The van der Waals surface area contributed by atoms with E-state index >= 15 is 0 Å². The molecular formula is C24H18BrClN2O2. The maximum Gasteiger partial charge on any atom is 0.266 e. The number of amides is 1. The second-order valence-corrected chi connectivity index (χ2v) is 7.79. The van der Waals surface area contributed by atoms with Crippen molar-refractivity contribution in [1.82, 2.24) is 0 Å². The third-order valence-electron chi connectivity index (χ3n) is 4.37. The molecule has 3 aromatic rings. The summed E-state index contributed by atoms with van der Waals surface area (Å²) in [7, 11) is 0. The van der Waals surface area contributed by atoms with Crippen molar-refractivity contribution in [2.24, 2.45) is 0 Å². The van der Waals surface area contributed by atoms with Crippen molar-refractivity contribution >= 4 is 45.2 Å². The molecule has 0 spiro atoms. The highest BCUT2D eigenvalue weighted by Gasteiger charge is 2.13. The van der Waals surface area contributed by atoms with Crippen LogP contribution in [0, 0.1) is 18.3 Å². The van der Waals surface area contributed by atoms with Crippen LogP contribution in [-0.2, 0) is 11.4 Å². The first-order valence-electron chi connectivity index (χ1n) is 9.12. The number of benzene rings is 3. The summed E-state index contributed by atoms with van der Waals surface area (Å²) >= 11 is 9.64. The van der Waals surface area contributed by atoms with E-state index in [0.29, 0.717) is 28.6 Å². The molecule has 1 amide bonds. The zero-order valence-corrected chi connectivity index (χ0v) is 18.5. The number of anilines is 1. The van der Waals surface area contributed by atoms with Gasteiger partial charge in [0, 0.05) is 26.3 Å². The fourth-order valence-electron chi connectivity index (χ4n) is 2.74. The fourth-order valence-corrected chi connectivity index (χ4v) is 3.32. The summed E-state index contributed by atoms with van der Waals surface area (Å²) in [5.41, 5.74) is 3.03. The lowest BCUT2D eigenvalue weighted by molar-refractivity contribution is -0.112. The Balaban J connectivity index is 1.86. The minimum atomic E-state index is -0.497. The number of aryl methyl sites for hydroxylation is 1. The average Bonchev–Trinajstić information content (AvgIpc) is 2.74. The molecule has 0 bridgehead atoms. The number of halogens is 2. The molecule has 1 N–H and O–H groups in total. The van der Waals surface area contributed by atoms with E-state index in [9.17, 15) is 10.1 Å². The van der Waals surface area contributed by atoms with E-state index in [1.165, 1.54) is 6.08 Å². The predicted molar refractivity (Wildman–Crippen MR) is 123 cm³/mol. The summed E-state index contributed by atoms with van der Waals surface area (Å²) in [4.78, 5) is 12.6. The topological polar surface area (TPSA) is 62.1 Å². The van der Waals surface area contributed by atoms with Crippen LogP contribution in [0.3, 0.4) is 0 Å². The third kappa shape index (κ3) is 5.50. The van der Waals surface area contributed by atoms with E-state index in [-0.39, 0.29) is 5.57 Å². The Morgan fingerprint density at radius 1 is 1.17 bits per heavy atom. The molecule has 4 nitrogen and oxygen atoms in total. The van der Waals surface area contributed by atoms with Gasteiger partial charge in [-0.25, -0.2) is 0 Å². The zero-order chi connectivity index (χ0) is 21.5. The van der Waals surface area contributed by atoms with Gasteiger partial charge in [-0.3, -0.25) is 4.79 Å². The number of hydrogen-bond donors (Lipinski definition) is 1. The molecule has 3 aromatic carbocycles. The molecule has 3 rings (SSSR count). The molecule has 0 radical (unpaired) electrons. The summed E-state index contributed by atoms with van der Waals surface area (Å²) in [6.07, 6.45) is 1.48. The largest absolute Gasteiger partial charge is 0.488 e. The summed E-state index contributed by atoms with van der Waals surface area (Å²) in [5.74, 6) is 0.0233. The van der Waals surface area contributed by atoms with Gasteiger partial charge in [-0.2, -0.15) is 5.26 Å². The third-order valence-corrected chi connectivity index (χ3v) is 5.38. The van der Waals surface area contributed by atoms with Gasteiger partial charge in [-0.15, -0.1) is 0 Å². The maximum absolute atomic E-state index is 12.6. The molecule has 0 heterocycles. The second kappa shape index (κ2) is 10.1. The van der Waals surface area contributed by atoms with Gasteiger partial charge in [0.25, 0.3) is 5.91 Å². The van der Waals surface area contributed by atoms with Gasteiger partial charge in [-0.05, 0) is 48.9 Å². The van der Waals surface area contributed by atoms with E-state index in [2.05, 4.69) is 21.2 Å². The van der Waals surface area contributed by atoms with Gasteiger partial charge in [0.15, 0.2) is 0 Å². The monoisotopic (exact) mass is 480 g/mol. The number of nitrogens with one attached hydrogen (secondary N) is 1. The lowest BCUT2D eigenvalue weighted by Gasteiger charge is -2.12. The first-order valence-corrected chi connectivity index (χ1v) is 10.3. The van der Waals surface area contributed by atoms with Crippen LogP contribution in [0.1, 0.15) is 16.7 Å². The maximum atomic E-state index is 12.6. The number of carbonyl (C=O) groups excluding carboxylic acids is 1. The number of para-hydroxylation sites is 1. The molecular weight excluding hydrogens is 464 g/mol. The molecule has 0 saturated carbocycles. The molecule has 0 aliphatic heterocycles. The molecule has 6 heteroatoms. The first-order chi connectivity index (χ1) is 14.5. The zero-order valence-electron chi connectivity index (χ0n) is 16.2. The van der Waals surface area contributed by atoms with Crippen LogP contribution in [0.4, 0.5) is 5.69 Å². The van der Waals surface area contributed by atoms with Crippen LogP contribution in [0.5, 0.6) is 5.75 Å².